The highest BCUT2D eigenvalue weighted by Crippen LogP contribution is 2.42. The standard InChI is InChI=1S/C34H38FN3O4/c1-19-24-12-9-15-41-31(24)26(35)17-25(19)30-29(32(33(39)40-6)42-34(3,4)5)20(2)36-28-18-27(37-38(28)30)23-14-13-21-10-7-8-11-22(21)16-23/h13-14,16-18,32H,7-12,15H2,1-6H3/t32-/m0/s1. The minimum absolute atomic E-state index is 0.303. The lowest BCUT2D eigenvalue weighted by Gasteiger charge is -2.29. The number of nitrogens with zero attached hydrogens (tertiary/aromatic N) is 3. The lowest BCUT2D eigenvalue weighted by molar-refractivity contribution is -0.164. The van der Waals surface area contributed by atoms with Crippen LogP contribution < -0.4 is 4.74 Å². The van der Waals surface area contributed by atoms with Gasteiger partial charge in [0.1, 0.15) is 0 Å². The molecule has 3 heterocycles. The Morgan fingerprint density at radius 3 is 2.55 bits per heavy atom. The number of carbonyl (C=O) groups excluding carboxylic acids is 1. The van der Waals surface area contributed by atoms with Gasteiger partial charge < -0.3 is 14.2 Å². The van der Waals surface area contributed by atoms with Crippen LogP contribution in [0.2, 0.25) is 0 Å². The Balaban J connectivity index is 1.64. The summed E-state index contributed by atoms with van der Waals surface area (Å²) in [5.74, 6) is -0.694. The SMILES string of the molecule is COC(=O)[C@@H](OC(C)(C)C)c1c(C)nc2cc(-c3ccc4c(c3)CCCC4)nn2c1-c1cc(F)c2c(c1C)CCCO2. The van der Waals surface area contributed by atoms with E-state index in [-0.39, 0.29) is 0 Å². The number of aromatic nitrogens is 3. The summed E-state index contributed by atoms with van der Waals surface area (Å²) in [4.78, 5) is 18.2. The number of hydrogen-bond acceptors (Lipinski definition) is 6. The smallest absolute Gasteiger partial charge is 0.339 e. The number of fused-ring (bicyclic) bond motifs is 3. The molecule has 8 heteroatoms. The van der Waals surface area contributed by atoms with Gasteiger partial charge in [-0.25, -0.2) is 18.7 Å². The number of esters is 1. The fraction of sp³-hybridized carbons (Fsp3) is 0.441. The molecule has 1 atom stereocenters. The van der Waals surface area contributed by atoms with E-state index in [2.05, 4.69) is 18.2 Å². The number of ether oxygens (including phenoxy) is 3. The molecular weight excluding hydrogens is 533 g/mol. The molecule has 1 aliphatic heterocycles. The van der Waals surface area contributed by atoms with E-state index in [0.29, 0.717) is 46.9 Å². The average Bonchev–Trinajstić information content (AvgIpc) is 3.40. The van der Waals surface area contributed by atoms with Gasteiger partial charge in [0.15, 0.2) is 23.3 Å². The first-order valence-electron chi connectivity index (χ1n) is 14.8. The molecule has 2 aromatic heterocycles. The van der Waals surface area contributed by atoms with Crippen molar-refractivity contribution < 1.29 is 23.4 Å². The van der Waals surface area contributed by atoms with Crippen LogP contribution in [0.4, 0.5) is 4.39 Å². The van der Waals surface area contributed by atoms with Crippen LogP contribution in [0, 0.1) is 19.7 Å². The van der Waals surface area contributed by atoms with E-state index in [0.717, 1.165) is 41.6 Å². The van der Waals surface area contributed by atoms with Crippen molar-refractivity contribution in [1.29, 1.82) is 0 Å². The van der Waals surface area contributed by atoms with E-state index in [9.17, 15) is 4.79 Å². The number of benzene rings is 2. The molecule has 6 rings (SSSR count). The maximum Gasteiger partial charge on any atom is 0.339 e. The van der Waals surface area contributed by atoms with E-state index >= 15 is 4.39 Å². The van der Waals surface area contributed by atoms with E-state index in [1.54, 1.807) is 4.52 Å². The van der Waals surface area contributed by atoms with Crippen molar-refractivity contribution in [3.63, 3.8) is 0 Å². The molecule has 7 nitrogen and oxygen atoms in total. The second kappa shape index (κ2) is 10.8. The largest absolute Gasteiger partial charge is 0.490 e. The van der Waals surface area contributed by atoms with Crippen molar-refractivity contribution >= 4 is 11.6 Å². The number of rotatable bonds is 5. The third kappa shape index (κ3) is 5.06. The van der Waals surface area contributed by atoms with Gasteiger partial charge in [-0.05, 0) is 102 Å². The summed E-state index contributed by atoms with van der Waals surface area (Å²) in [5.41, 5.74) is 8.43. The van der Waals surface area contributed by atoms with Crippen LogP contribution in [-0.4, -0.2) is 39.9 Å². The van der Waals surface area contributed by atoms with Crippen LogP contribution >= 0.6 is 0 Å². The number of carbonyl (C=O) groups is 1. The zero-order chi connectivity index (χ0) is 29.8. The minimum atomic E-state index is -1.10. The Labute approximate surface area is 246 Å². The van der Waals surface area contributed by atoms with Crippen LogP contribution in [0.25, 0.3) is 28.2 Å². The first kappa shape index (κ1) is 28.3. The van der Waals surface area contributed by atoms with Crippen molar-refractivity contribution in [2.75, 3.05) is 13.7 Å². The third-order valence-corrected chi connectivity index (χ3v) is 8.31. The Hall–Kier alpha value is -3.78. The summed E-state index contributed by atoms with van der Waals surface area (Å²) in [5, 5.41) is 5.05. The number of hydrogen-bond donors (Lipinski definition) is 0. The van der Waals surface area contributed by atoms with Gasteiger partial charge in [0.2, 0.25) is 0 Å². The second-order valence-corrected chi connectivity index (χ2v) is 12.4. The van der Waals surface area contributed by atoms with Crippen LogP contribution in [0.15, 0.2) is 30.3 Å². The van der Waals surface area contributed by atoms with Crippen LogP contribution in [0.1, 0.15) is 79.6 Å². The van der Waals surface area contributed by atoms with Crippen LogP contribution in [-0.2, 0) is 33.5 Å². The van der Waals surface area contributed by atoms with Gasteiger partial charge in [0.05, 0.1) is 30.7 Å². The summed E-state index contributed by atoms with van der Waals surface area (Å²) in [7, 11) is 1.34. The predicted octanol–water partition coefficient (Wildman–Crippen LogP) is 7.05. The Bertz CT molecular complexity index is 1700. The van der Waals surface area contributed by atoms with Gasteiger partial charge >= 0.3 is 5.97 Å². The molecule has 0 bridgehead atoms. The van der Waals surface area contributed by atoms with Crippen molar-refractivity contribution in [3.05, 3.63) is 69.7 Å². The molecule has 0 spiro atoms. The summed E-state index contributed by atoms with van der Waals surface area (Å²) >= 11 is 0. The lowest BCUT2D eigenvalue weighted by atomic mass is 9.90. The summed E-state index contributed by atoms with van der Waals surface area (Å²) in [6.45, 7) is 9.95. The molecule has 42 heavy (non-hydrogen) atoms. The maximum atomic E-state index is 15.7. The average molecular weight is 572 g/mol. The topological polar surface area (TPSA) is 75.0 Å². The second-order valence-electron chi connectivity index (χ2n) is 12.4. The normalized spacial score (nSPS) is 15.6. The Morgan fingerprint density at radius 1 is 1.05 bits per heavy atom. The van der Waals surface area contributed by atoms with E-state index in [1.165, 1.54) is 37.1 Å². The zero-order valence-corrected chi connectivity index (χ0v) is 25.3. The summed E-state index contributed by atoms with van der Waals surface area (Å²) in [6.07, 6.45) is 4.96. The molecule has 2 aromatic carbocycles. The molecule has 0 N–H and O–H groups in total. The molecule has 0 saturated heterocycles. The summed E-state index contributed by atoms with van der Waals surface area (Å²) < 4.78 is 34.7. The van der Waals surface area contributed by atoms with Crippen molar-refractivity contribution in [2.45, 2.75) is 84.8 Å². The third-order valence-electron chi connectivity index (χ3n) is 8.31. The van der Waals surface area contributed by atoms with Crippen molar-refractivity contribution in [1.82, 2.24) is 14.6 Å². The van der Waals surface area contributed by atoms with Crippen molar-refractivity contribution in [3.8, 4) is 28.3 Å². The Kier molecular flexibility index (Phi) is 7.29. The number of methoxy groups -OCH3 is 1. The Morgan fingerprint density at radius 2 is 1.81 bits per heavy atom. The van der Waals surface area contributed by atoms with E-state index < -0.39 is 23.5 Å². The van der Waals surface area contributed by atoms with Gasteiger partial charge in [0.25, 0.3) is 0 Å². The van der Waals surface area contributed by atoms with Gasteiger partial charge in [-0.15, -0.1) is 0 Å². The molecule has 0 unspecified atom stereocenters. The van der Waals surface area contributed by atoms with Crippen molar-refractivity contribution in [2.24, 2.45) is 0 Å². The monoisotopic (exact) mass is 571 g/mol. The van der Waals surface area contributed by atoms with Gasteiger partial charge in [0, 0.05) is 34.0 Å². The fourth-order valence-corrected chi connectivity index (χ4v) is 6.33. The maximum absolute atomic E-state index is 15.7. The van der Waals surface area contributed by atoms with E-state index in [1.807, 2.05) is 40.7 Å². The fourth-order valence-electron chi connectivity index (χ4n) is 6.33. The molecule has 1 aliphatic carbocycles. The number of aryl methyl sites for hydroxylation is 3. The molecule has 0 saturated carbocycles. The zero-order valence-electron chi connectivity index (χ0n) is 25.3. The lowest BCUT2D eigenvalue weighted by Crippen LogP contribution is -2.30. The minimum Gasteiger partial charge on any atom is -0.490 e. The predicted molar refractivity (Wildman–Crippen MR) is 159 cm³/mol. The highest BCUT2D eigenvalue weighted by Gasteiger charge is 2.35. The highest BCUT2D eigenvalue weighted by molar-refractivity contribution is 5.83. The first-order chi connectivity index (χ1) is 20.1. The van der Waals surface area contributed by atoms with E-state index in [4.69, 9.17) is 24.3 Å². The van der Waals surface area contributed by atoms with Crippen LogP contribution in [0.5, 0.6) is 5.75 Å². The first-order valence-corrected chi connectivity index (χ1v) is 14.8. The number of halogens is 1. The molecule has 0 amide bonds. The molecular formula is C34H38FN3O4. The molecule has 4 aromatic rings. The highest BCUT2D eigenvalue weighted by atomic mass is 19.1. The van der Waals surface area contributed by atoms with Gasteiger partial charge in [-0.2, -0.15) is 5.10 Å². The van der Waals surface area contributed by atoms with Gasteiger partial charge in [-0.1, -0.05) is 12.1 Å². The molecule has 220 valence electrons. The molecule has 0 fully saturated rings. The molecule has 2 aliphatic rings. The summed E-state index contributed by atoms with van der Waals surface area (Å²) in [6, 6.07) is 9.98. The van der Waals surface area contributed by atoms with Crippen LogP contribution in [0.3, 0.4) is 0 Å². The molecule has 0 radical (unpaired) electrons. The quantitative estimate of drug-likeness (QED) is 0.239. The van der Waals surface area contributed by atoms with Gasteiger partial charge in [-0.3, -0.25) is 0 Å².